The molecule has 0 aliphatic rings. The molecule has 62 valence electrons. The first kappa shape index (κ1) is 9.88. The number of unbranched alkanes of at least 4 members (excludes halogenated alkanes) is 2. The number of rotatable bonds is 6. The molecule has 10 heavy (non-hydrogen) atoms. The fourth-order valence-corrected chi connectivity index (χ4v) is 0.786. The Balaban J connectivity index is 2.89. The monoisotopic (exact) mass is 147 g/mol. The summed E-state index contributed by atoms with van der Waals surface area (Å²) in [6.45, 7) is 0.327. The van der Waals surface area contributed by atoms with Crippen LogP contribution in [0.15, 0.2) is 0 Å². The van der Waals surface area contributed by atoms with Gasteiger partial charge in [0, 0.05) is 12.6 Å². The second-order valence-electron chi connectivity index (χ2n) is 2.52. The lowest BCUT2D eigenvalue weighted by Gasteiger charge is -2.05. The van der Waals surface area contributed by atoms with Crippen molar-refractivity contribution in [2.24, 2.45) is 5.73 Å². The summed E-state index contributed by atoms with van der Waals surface area (Å²) in [7, 11) is 0. The standard InChI is InChI=1S/C7H17NO2/c8-7(6-10)4-2-1-3-5-9/h7,9-10H,1-6,8H2. The lowest BCUT2D eigenvalue weighted by atomic mass is 10.1. The van der Waals surface area contributed by atoms with E-state index < -0.39 is 0 Å². The molecular formula is C7H17NO2. The van der Waals surface area contributed by atoms with Crippen LogP contribution >= 0.6 is 0 Å². The van der Waals surface area contributed by atoms with Crippen molar-refractivity contribution < 1.29 is 10.2 Å². The molecule has 0 aliphatic heterocycles. The summed E-state index contributed by atoms with van der Waals surface area (Å²) in [5.74, 6) is 0. The Labute approximate surface area is 61.9 Å². The molecule has 0 aliphatic carbocycles. The van der Waals surface area contributed by atoms with Crippen molar-refractivity contribution in [3.05, 3.63) is 0 Å². The number of hydrogen-bond donors (Lipinski definition) is 3. The minimum atomic E-state index is -0.0707. The number of nitrogens with two attached hydrogens (primary N) is 1. The lowest BCUT2D eigenvalue weighted by molar-refractivity contribution is 0.253. The molecule has 0 fully saturated rings. The van der Waals surface area contributed by atoms with E-state index in [0.29, 0.717) is 0 Å². The third kappa shape index (κ3) is 6.01. The van der Waals surface area contributed by atoms with Gasteiger partial charge < -0.3 is 15.9 Å². The van der Waals surface area contributed by atoms with Gasteiger partial charge in [0.25, 0.3) is 0 Å². The first-order chi connectivity index (χ1) is 4.81. The number of hydrogen-bond acceptors (Lipinski definition) is 3. The van der Waals surface area contributed by atoms with Gasteiger partial charge in [-0.15, -0.1) is 0 Å². The van der Waals surface area contributed by atoms with E-state index in [1.807, 2.05) is 0 Å². The molecule has 0 aromatic rings. The van der Waals surface area contributed by atoms with Crippen molar-refractivity contribution in [1.82, 2.24) is 0 Å². The second kappa shape index (κ2) is 6.99. The van der Waals surface area contributed by atoms with Crippen molar-refractivity contribution in [1.29, 1.82) is 0 Å². The molecule has 0 rings (SSSR count). The van der Waals surface area contributed by atoms with Gasteiger partial charge in [-0.2, -0.15) is 0 Å². The van der Waals surface area contributed by atoms with E-state index in [0.717, 1.165) is 25.7 Å². The molecule has 0 heterocycles. The van der Waals surface area contributed by atoms with E-state index in [2.05, 4.69) is 0 Å². The maximum Gasteiger partial charge on any atom is 0.0582 e. The largest absolute Gasteiger partial charge is 0.396 e. The van der Waals surface area contributed by atoms with Gasteiger partial charge in [-0.1, -0.05) is 12.8 Å². The summed E-state index contributed by atoms with van der Waals surface area (Å²) in [4.78, 5) is 0. The van der Waals surface area contributed by atoms with Crippen molar-refractivity contribution in [2.75, 3.05) is 13.2 Å². The molecule has 0 bridgehead atoms. The lowest BCUT2D eigenvalue weighted by Crippen LogP contribution is -2.23. The van der Waals surface area contributed by atoms with Crippen LogP contribution in [0.3, 0.4) is 0 Å². The highest BCUT2D eigenvalue weighted by Crippen LogP contribution is 2.00. The van der Waals surface area contributed by atoms with E-state index in [9.17, 15) is 0 Å². The van der Waals surface area contributed by atoms with Gasteiger partial charge in [0.2, 0.25) is 0 Å². The molecule has 3 nitrogen and oxygen atoms in total. The van der Waals surface area contributed by atoms with E-state index in [-0.39, 0.29) is 19.3 Å². The molecule has 0 radical (unpaired) electrons. The highest BCUT2D eigenvalue weighted by molar-refractivity contribution is 4.57. The van der Waals surface area contributed by atoms with E-state index >= 15 is 0 Å². The van der Waals surface area contributed by atoms with Gasteiger partial charge in [-0.3, -0.25) is 0 Å². The predicted molar refractivity (Wildman–Crippen MR) is 40.6 cm³/mol. The summed E-state index contributed by atoms with van der Waals surface area (Å²) >= 11 is 0. The molecule has 0 aromatic carbocycles. The molecule has 0 amide bonds. The maximum absolute atomic E-state index is 8.52. The Morgan fingerprint density at radius 1 is 1.10 bits per heavy atom. The van der Waals surface area contributed by atoms with Crippen LogP contribution in [0.5, 0.6) is 0 Å². The van der Waals surface area contributed by atoms with Crippen LogP contribution in [0.2, 0.25) is 0 Å². The van der Waals surface area contributed by atoms with Crippen LogP contribution in [-0.2, 0) is 0 Å². The SMILES string of the molecule is NC(CO)CCCCCO. The average molecular weight is 147 g/mol. The van der Waals surface area contributed by atoms with Gasteiger partial charge >= 0.3 is 0 Å². The normalized spacial score (nSPS) is 13.5. The van der Waals surface area contributed by atoms with Crippen LogP contribution in [-0.4, -0.2) is 29.5 Å². The topological polar surface area (TPSA) is 66.5 Å². The molecule has 4 N–H and O–H groups in total. The van der Waals surface area contributed by atoms with E-state index in [1.165, 1.54) is 0 Å². The van der Waals surface area contributed by atoms with Gasteiger partial charge in [-0.25, -0.2) is 0 Å². The van der Waals surface area contributed by atoms with Gasteiger partial charge in [0.05, 0.1) is 6.61 Å². The first-order valence-electron chi connectivity index (χ1n) is 3.78. The second-order valence-corrected chi connectivity index (χ2v) is 2.52. The zero-order valence-electron chi connectivity index (χ0n) is 6.29. The third-order valence-corrected chi connectivity index (χ3v) is 1.47. The molecule has 0 spiro atoms. The predicted octanol–water partition coefficient (Wildman–Crippen LogP) is -0.141. The van der Waals surface area contributed by atoms with Gasteiger partial charge in [0.15, 0.2) is 0 Å². The van der Waals surface area contributed by atoms with Crippen LogP contribution in [0, 0.1) is 0 Å². The van der Waals surface area contributed by atoms with Crippen LogP contribution in [0.4, 0.5) is 0 Å². The highest BCUT2D eigenvalue weighted by Gasteiger charge is 1.98. The maximum atomic E-state index is 8.52. The summed E-state index contributed by atoms with van der Waals surface area (Å²) in [5.41, 5.74) is 5.44. The van der Waals surface area contributed by atoms with Crippen molar-refractivity contribution in [3.63, 3.8) is 0 Å². The molecule has 0 aromatic heterocycles. The average Bonchev–Trinajstić information content (AvgIpc) is 1.98. The number of aliphatic hydroxyl groups excluding tert-OH is 2. The van der Waals surface area contributed by atoms with Crippen molar-refractivity contribution in [2.45, 2.75) is 31.7 Å². The number of aliphatic hydroxyl groups is 2. The summed E-state index contributed by atoms with van der Waals surface area (Å²) < 4.78 is 0. The zero-order valence-corrected chi connectivity index (χ0v) is 6.29. The zero-order chi connectivity index (χ0) is 7.82. The van der Waals surface area contributed by atoms with Crippen molar-refractivity contribution in [3.8, 4) is 0 Å². The Hall–Kier alpha value is -0.120. The fourth-order valence-electron chi connectivity index (χ4n) is 0.786. The first-order valence-corrected chi connectivity index (χ1v) is 3.78. The van der Waals surface area contributed by atoms with Crippen LogP contribution < -0.4 is 5.73 Å². The quantitative estimate of drug-likeness (QED) is 0.458. The summed E-state index contributed by atoms with van der Waals surface area (Å²) in [5, 5.41) is 16.9. The van der Waals surface area contributed by atoms with E-state index in [4.69, 9.17) is 15.9 Å². The summed E-state index contributed by atoms with van der Waals surface area (Å²) in [6.07, 6.45) is 3.71. The Bertz CT molecular complexity index is 68.6. The van der Waals surface area contributed by atoms with Crippen LogP contribution in [0.25, 0.3) is 0 Å². The van der Waals surface area contributed by atoms with Gasteiger partial charge in [-0.05, 0) is 12.8 Å². The molecule has 3 heteroatoms. The molecule has 0 saturated carbocycles. The molecule has 1 atom stereocenters. The Morgan fingerprint density at radius 3 is 2.30 bits per heavy atom. The highest BCUT2D eigenvalue weighted by atomic mass is 16.3. The summed E-state index contributed by atoms with van der Waals surface area (Å²) in [6, 6.07) is -0.0707. The minimum absolute atomic E-state index is 0.0686. The van der Waals surface area contributed by atoms with Crippen molar-refractivity contribution >= 4 is 0 Å². The molecule has 0 saturated heterocycles. The van der Waals surface area contributed by atoms with Crippen LogP contribution in [0.1, 0.15) is 25.7 Å². The third-order valence-electron chi connectivity index (χ3n) is 1.47. The Kier molecular flexibility index (Phi) is 6.91. The smallest absolute Gasteiger partial charge is 0.0582 e. The minimum Gasteiger partial charge on any atom is -0.396 e. The van der Waals surface area contributed by atoms with E-state index in [1.54, 1.807) is 0 Å². The molecule has 1 unspecified atom stereocenters. The fraction of sp³-hybridized carbons (Fsp3) is 1.00. The Morgan fingerprint density at radius 2 is 1.80 bits per heavy atom. The molecular weight excluding hydrogens is 130 g/mol. The van der Waals surface area contributed by atoms with Gasteiger partial charge in [0.1, 0.15) is 0 Å².